The zero-order chi connectivity index (χ0) is 16.7. The van der Waals surface area contributed by atoms with Crippen LogP contribution in [0.25, 0.3) is 5.65 Å². The molecule has 2 rings (SSSR count). The van der Waals surface area contributed by atoms with Gasteiger partial charge in [-0.05, 0) is 20.8 Å². The van der Waals surface area contributed by atoms with Crippen molar-refractivity contribution in [3.63, 3.8) is 0 Å². The number of aromatic nitrogens is 5. The van der Waals surface area contributed by atoms with Crippen molar-refractivity contribution in [3.8, 4) is 0 Å². The Morgan fingerprint density at radius 2 is 2.05 bits per heavy atom. The quantitative estimate of drug-likeness (QED) is 0.747. The monoisotopic (exact) mass is 309 g/mol. The minimum atomic E-state index is -1.20. The van der Waals surface area contributed by atoms with Gasteiger partial charge in [0.2, 0.25) is 0 Å². The molecule has 2 aromatic rings. The number of imidazole rings is 1. The molecule has 0 radical (unpaired) electrons. The van der Waals surface area contributed by atoms with Gasteiger partial charge in [0.15, 0.2) is 11.3 Å². The lowest BCUT2D eigenvalue weighted by Crippen LogP contribution is -2.48. The Morgan fingerprint density at radius 3 is 2.55 bits per heavy atom. The lowest BCUT2D eigenvalue weighted by Gasteiger charge is -2.32. The van der Waals surface area contributed by atoms with Crippen molar-refractivity contribution in [1.29, 1.82) is 0 Å². The highest BCUT2D eigenvalue weighted by Crippen LogP contribution is 2.13. The molecule has 0 bridgehead atoms. The summed E-state index contributed by atoms with van der Waals surface area (Å²) in [5.74, 6) is -0.837. The predicted molar refractivity (Wildman–Crippen MR) is 73.2 cm³/mol. The maximum atomic E-state index is 12.3. The number of hydrogen-bond donors (Lipinski definition) is 2. The third-order valence-electron chi connectivity index (χ3n) is 2.97. The van der Waals surface area contributed by atoms with Gasteiger partial charge in [-0.3, -0.25) is 9.69 Å². The summed E-state index contributed by atoms with van der Waals surface area (Å²) < 4.78 is 1.84. The maximum Gasteiger partial charge on any atom is 0.409 e. The molecule has 0 fully saturated rings. The van der Waals surface area contributed by atoms with E-state index in [1.54, 1.807) is 20.8 Å². The van der Waals surface area contributed by atoms with E-state index in [4.69, 9.17) is 5.73 Å². The van der Waals surface area contributed by atoms with Crippen LogP contribution >= 0.6 is 0 Å². The number of fused-ring (bicyclic) bond motifs is 1. The summed E-state index contributed by atoms with van der Waals surface area (Å²) in [5, 5.41) is 16.6. The lowest BCUT2D eigenvalue weighted by atomic mass is 10.1. The molecule has 2 aromatic heterocycles. The Morgan fingerprint density at radius 1 is 1.41 bits per heavy atom. The molecule has 0 atom stereocenters. The van der Waals surface area contributed by atoms with E-state index in [-0.39, 0.29) is 18.0 Å². The number of carbonyl (C=O) groups excluding carboxylic acids is 1. The summed E-state index contributed by atoms with van der Waals surface area (Å²) in [6.07, 6.45) is -0.116. The van der Waals surface area contributed by atoms with Crippen molar-refractivity contribution in [2.45, 2.75) is 33.0 Å². The highest BCUT2D eigenvalue weighted by Gasteiger charge is 2.27. The van der Waals surface area contributed by atoms with Crippen molar-refractivity contribution >= 4 is 17.6 Å². The fraction of sp³-hybridized carbons (Fsp3) is 0.455. The van der Waals surface area contributed by atoms with Gasteiger partial charge in [-0.15, -0.1) is 5.10 Å². The van der Waals surface area contributed by atoms with Crippen molar-refractivity contribution < 1.29 is 14.7 Å². The standard InChI is InChI=1S/C11H15N7O4/c1-11(2,3)17(10(21)22)5-18-9(20)16-4-13-6(7(12)19)8(16)14-15-18/h4H,5H2,1-3H3,(H2,12,19)(H,21,22). The van der Waals surface area contributed by atoms with Crippen molar-refractivity contribution in [3.05, 3.63) is 22.5 Å². The summed E-state index contributed by atoms with van der Waals surface area (Å²) in [4.78, 5) is 39.4. The van der Waals surface area contributed by atoms with E-state index in [0.717, 1.165) is 20.3 Å². The van der Waals surface area contributed by atoms with E-state index in [1.165, 1.54) is 0 Å². The van der Waals surface area contributed by atoms with Crippen LogP contribution in [-0.4, -0.2) is 51.9 Å². The van der Waals surface area contributed by atoms with E-state index >= 15 is 0 Å². The fourth-order valence-corrected chi connectivity index (χ4v) is 1.79. The topological polar surface area (TPSA) is 149 Å². The van der Waals surface area contributed by atoms with Crippen LogP contribution in [0.5, 0.6) is 0 Å². The summed E-state index contributed by atoms with van der Waals surface area (Å²) >= 11 is 0. The normalized spacial score (nSPS) is 11.6. The summed E-state index contributed by atoms with van der Waals surface area (Å²) in [6, 6.07) is 0. The van der Waals surface area contributed by atoms with Gasteiger partial charge in [0, 0.05) is 5.54 Å². The highest BCUT2D eigenvalue weighted by molar-refractivity contribution is 5.96. The molecule has 11 nitrogen and oxygen atoms in total. The molecular weight excluding hydrogens is 294 g/mol. The van der Waals surface area contributed by atoms with Crippen LogP contribution in [0.2, 0.25) is 0 Å². The molecule has 0 saturated carbocycles. The van der Waals surface area contributed by atoms with Gasteiger partial charge in [0.25, 0.3) is 5.91 Å². The van der Waals surface area contributed by atoms with Crippen LogP contribution in [0.1, 0.15) is 31.3 Å². The molecule has 0 aliphatic carbocycles. The summed E-state index contributed by atoms with van der Waals surface area (Å²) in [7, 11) is 0. The molecule has 11 heteroatoms. The van der Waals surface area contributed by atoms with Gasteiger partial charge >= 0.3 is 11.8 Å². The molecule has 0 aliphatic rings. The number of hydrogen-bond acceptors (Lipinski definition) is 6. The van der Waals surface area contributed by atoms with Crippen molar-refractivity contribution in [1.82, 2.24) is 29.3 Å². The first-order chi connectivity index (χ1) is 10.1. The highest BCUT2D eigenvalue weighted by atomic mass is 16.4. The van der Waals surface area contributed by atoms with Gasteiger partial charge in [-0.25, -0.2) is 19.0 Å². The Hall–Kier alpha value is -2.98. The first-order valence-corrected chi connectivity index (χ1v) is 6.24. The van der Waals surface area contributed by atoms with Crippen LogP contribution in [0.15, 0.2) is 11.1 Å². The van der Waals surface area contributed by atoms with Gasteiger partial charge in [0.05, 0.1) is 0 Å². The summed E-state index contributed by atoms with van der Waals surface area (Å²) in [6.45, 7) is 4.73. The molecule has 22 heavy (non-hydrogen) atoms. The molecule has 118 valence electrons. The van der Waals surface area contributed by atoms with Gasteiger partial charge in [0.1, 0.15) is 13.0 Å². The minimum Gasteiger partial charge on any atom is -0.465 e. The molecule has 3 N–H and O–H groups in total. The third-order valence-corrected chi connectivity index (χ3v) is 2.97. The zero-order valence-corrected chi connectivity index (χ0v) is 12.2. The molecule has 0 aromatic carbocycles. The average molecular weight is 309 g/mol. The number of carbonyl (C=O) groups is 2. The number of primary amides is 1. The second kappa shape index (κ2) is 5.09. The van der Waals surface area contributed by atoms with E-state index < -0.39 is 23.2 Å². The first-order valence-electron chi connectivity index (χ1n) is 6.24. The Kier molecular flexibility index (Phi) is 3.57. The Bertz CT molecular complexity index is 801. The van der Waals surface area contributed by atoms with Gasteiger partial charge in [-0.2, -0.15) is 4.68 Å². The first kappa shape index (κ1) is 15.4. The second-order valence-electron chi connectivity index (χ2n) is 5.55. The zero-order valence-electron chi connectivity index (χ0n) is 12.2. The molecule has 0 saturated heterocycles. The van der Waals surface area contributed by atoms with E-state index in [9.17, 15) is 19.5 Å². The fourth-order valence-electron chi connectivity index (χ4n) is 1.79. The molecule has 2 amide bonds. The molecular formula is C11H15N7O4. The Balaban J connectivity index is 2.50. The Labute approximate surface area is 124 Å². The average Bonchev–Trinajstić information content (AvgIpc) is 2.80. The summed E-state index contributed by atoms with van der Waals surface area (Å²) in [5.41, 5.74) is 3.44. The molecule has 0 unspecified atom stereocenters. The van der Waals surface area contributed by atoms with Gasteiger partial charge in [-0.1, -0.05) is 5.21 Å². The van der Waals surface area contributed by atoms with Crippen molar-refractivity contribution in [2.24, 2.45) is 5.73 Å². The van der Waals surface area contributed by atoms with E-state index in [2.05, 4.69) is 15.3 Å². The molecule has 0 spiro atoms. The maximum absolute atomic E-state index is 12.3. The SMILES string of the molecule is CC(C)(C)N(Cn1nnc2c(C(N)=O)ncn2c1=O)C(=O)O. The van der Waals surface area contributed by atoms with Gasteiger partial charge < -0.3 is 10.8 Å². The largest absolute Gasteiger partial charge is 0.465 e. The number of amides is 2. The minimum absolute atomic E-state index is 0.0774. The van der Waals surface area contributed by atoms with Crippen LogP contribution in [0, 0.1) is 0 Å². The number of nitrogens with zero attached hydrogens (tertiary/aromatic N) is 6. The predicted octanol–water partition coefficient (Wildman–Crippen LogP) is -0.879. The molecule has 2 heterocycles. The van der Waals surface area contributed by atoms with E-state index in [0.29, 0.717) is 0 Å². The smallest absolute Gasteiger partial charge is 0.409 e. The van der Waals surface area contributed by atoms with Crippen molar-refractivity contribution in [2.75, 3.05) is 0 Å². The van der Waals surface area contributed by atoms with Crippen LogP contribution < -0.4 is 11.4 Å². The number of rotatable bonds is 3. The van der Waals surface area contributed by atoms with E-state index in [1.807, 2.05) is 0 Å². The second-order valence-corrected chi connectivity index (χ2v) is 5.55. The third kappa shape index (κ3) is 2.60. The lowest BCUT2D eigenvalue weighted by molar-refractivity contribution is 0.0732. The van der Waals surface area contributed by atoms with Crippen LogP contribution in [-0.2, 0) is 6.67 Å². The van der Waals surface area contributed by atoms with Crippen LogP contribution in [0.3, 0.4) is 0 Å². The number of carboxylic acid groups (broad SMARTS) is 1. The number of nitrogens with two attached hydrogens (primary N) is 1. The molecule has 0 aliphatic heterocycles. The van der Waals surface area contributed by atoms with Crippen LogP contribution in [0.4, 0.5) is 4.79 Å².